The van der Waals surface area contributed by atoms with Gasteiger partial charge in [-0.1, -0.05) is 60.0 Å². The van der Waals surface area contributed by atoms with Crippen molar-refractivity contribution in [1.82, 2.24) is 10.6 Å². The number of amides is 2. The average molecular weight is 449 g/mol. The van der Waals surface area contributed by atoms with Crippen molar-refractivity contribution < 1.29 is 19.5 Å². The molecule has 30 heavy (non-hydrogen) atoms. The number of aliphatic carboxylic acids is 1. The van der Waals surface area contributed by atoms with Crippen LogP contribution in [0.4, 0.5) is 0 Å². The first-order chi connectivity index (χ1) is 14.4. The molecule has 0 saturated carbocycles. The minimum absolute atomic E-state index is 0.0720. The Hall–Kier alpha value is -2.83. The first-order valence-electron chi connectivity index (χ1n) is 9.40. The van der Waals surface area contributed by atoms with Gasteiger partial charge in [0, 0.05) is 18.0 Å². The van der Waals surface area contributed by atoms with Crippen LogP contribution in [0.2, 0.25) is 10.0 Å². The van der Waals surface area contributed by atoms with E-state index in [1.165, 1.54) is 12.1 Å². The normalized spacial score (nSPS) is 11.1. The highest BCUT2D eigenvalue weighted by molar-refractivity contribution is 6.36. The summed E-state index contributed by atoms with van der Waals surface area (Å²) in [5.41, 5.74) is 1.01. The van der Waals surface area contributed by atoms with Gasteiger partial charge in [0.15, 0.2) is 0 Å². The zero-order chi connectivity index (χ0) is 21.9. The molecule has 0 bridgehead atoms. The van der Waals surface area contributed by atoms with Gasteiger partial charge in [-0.25, -0.2) is 0 Å². The molecular formula is C22H22Cl2N2O4. The van der Waals surface area contributed by atoms with E-state index >= 15 is 0 Å². The number of benzene rings is 2. The molecule has 0 saturated heterocycles. The Morgan fingerprint density at radius 2 is 1.70 bits per heavy atom. The number of hydrogen-bond acceptors (Lipinski definition) is 3. The van der Waals surface area contributed by atoms with Crippen LogP contribution < -0.4 is 10.6 Å². The first-order valence-corrected chi connectivity index (χ1v) is 10.2. The maximum absolute atomic E-state index is 12.7. The van der Waals surface area contributed by atoms with Crippen LogP contribution in [0, 0.1) is 0 Å². The Balaban J connectivity index is 2.07. The molecular weight excluding hydrogens is 427 g/mol. The van der Waals surface area contributed by atoms with Gasteiger partial charge in [-0.15, -0.1) is 0 Å². The van der Waals surface area contributed by atoms with Crippen molar-refractivity contribution in [3.63, 3.8) is 0 Å². The summed E-state index contributed by atoms with van der Waals surface area (Å²) in [7, 11) is 0. The van der Waals surface area contributed by atoms with Crippen LogP contribution in [0.5, 0.6) is 0 Å². The molecule has 0 aliphatic carbocycles. The Labute approximate surface area is 184 Å². The smallest absolute Gasteiger partial charge is 0.303 e. The van der Waals surface area contributed by atoms with E-state index in [9.17, 15) is 14.4 Å². The van der Waals surface area contributed by atoms with Crippen LogP contribution >= 0.6 is 23.2 Å². The van der Waals surface area contributed by atoms with Crippen molar-refractivity contribution in [3.05, 3.63) is 75.4 Å². The molecule has 0 heterocycles. The fourth-order valence-corrected chi connectivity index (χ4v) is 3.11. The molecule has 0 aliphatic rings. The fraction of sp³-hybridized carbons (Fsp3) is 0.227. The van der Waals surface area contributed by atoms with Crippen molar-refractivity contribution in [1.29, 1.82) is 0 Å². The van der Waals surface area contributed by atoms with E-state index in [4.69, 9.17) is 28.3 Å². The quantitative estimate of drug-likeness (QED) is 0.367. The van der Waals surface area contributed by atoms with Crippen LogP contribution in [0.1, 0.15) is 41.6 Å². The van der Waals surface area contributed by atoms with Gasteiger partial charge in [-0.05, 0) is 42.7 Å². The van der Waals surface area contributed by atoms with Gasteiger partial charge >= 0.3 is 5.97 Å². The molecule has 0 radical (unpaired) electrons. The first kappa shape index (κ1) is 23.4. The van der Waals surface area contributed by atoms with Crippen molar-refractivity contribution >= 4 is 47.1 Å². The second-order valence-corrected chi connectivity index (χ2v) is 7.35. The molecule has 2 aromatic carbocycles. The second-order valence-electron chi connectivity index (χ2n) is 6.51. The lowest BCUT2D eigenvalue weighted by molar-refractivity contribution is -0.137. The zero-order valence-corrected chi connectivity index (χ0v) is 17.7. The lowest BCUT2D eigenvalue weighted by Gasteiger charge is -2.12. The van der Waals surface area contributed by atoms with Crippen molar-refractivity contribution in [2.75, 3.05) is 6.54 Å². The Morgan fingerprint density at radius 3 is 2.37 bits per heavy atom. The maximum Gasteiger partial charge on any atom is 0.303 e. The highest BCUT2D eigenvalue weighted by atomic mass is 35.5. The van der Waals surface area contributed by atoms with Gasteiger partial charge in [0.05, 0.1) is 10.6 Å². The lowest BCUT2D eigenvalue weighted by Crippen LogP contribution is -2.35. The minimum Gasteiger partial charge on any atom is -0.481 e. The Kier molecular flexibility index (Phi) is 9.38. The molecule has 2 aromatic rings. The maximum atomic E-state index is 12.7. The molecule has 0 aliphatic heterocycles. The van der Waals surface area contributed by atoms with Gasteiger partial charge in [0.1, 0.15) is 5.70 Å². The highest BCUT2D eigenvalue weighted by Gasteiger charge is 2.16. The predicted octanol–water partition coefficient (Wildman–Crippen LogP) is 4.53. The average Bonchev–Trinajstić information content (AvgIpc) is 2.70. The largest absolute Gasteiger partial charge is 0.481 e. The lowest BCUT2D eigenvalue weighted by atomic mass is 10.1. The van der Waals surface area contributed by atoms with Gasteiger partial charge in [-0.2, -0.15) is 0 Å². The summed E-state index contributed by atoms with van der Waals surface area (Å²) in [6.45, 7) is 0.363. The number of hydrogen-bond donors (Lipinski definition) is 3. The third-order valence-corrected chi connectivity index (χ3v) is 4.68. The molecule has 158 valence electrons. The summed E-state index contributed by atoms with van der Waals surface area (Å²) in [4.78, 5) is 35.8. The molecule has 0 fully saturated rings. The zero-order valence-electron chi connectivity index (χ0n) is 16.2. The molecule has 0 aromatic heterocycles. The van der Waals surface area contributed by atoms with E-state index in [0.29, 0.717) is 30.8 Å². The number of carboxylic acid groups (broad SMARTS) is 1. The van der Waals surface area contributed by atoms with Crippen molar-refractivity contribution in [2.24, 2.45) is 0 Å². The van der Waals surface area contributed by atoms with Gasteiger partial charge in [0.25, 0.3) is 11.8 Å². The van der Waals surface area contributed by atoms with Crippen LogP contribution in [0.15, 0.2) is 54.2 Å². The van der Waals surface area contributed by atoms with Crippen LogP contribution in [0.3, 0.4) is 0 Å². The summed E-state index contributed by atoms with van der Waals surface area (Å²) < 4.78 is 0. The van der Waals surface area contributed by atoms with Crippen molar-refractivity contribution in [2.45, 2.75) is 25.7 Å². The van der Waals surface area contributed by atoms with E-state index in [-0.39, 0.29) is 22.7 Å². The van der Waals surface area contributed by atoms with E-state index < -0.39 is 17.8 Å². The SMILES string of the molecule is O=C(O)CCCCCNC(=O)/C(=C\c1ccccc1)NC(=O)c1ccc(Cl)cc1Cl. The number of nitrogens with one attached hydrogen (secondary N) is 2. The number of unbranched alkanes of at least 4 members (excludes halogenated alkanes) is 2. The van der Waals surface area contributed by atoms with Crippen LogP contribution in [0.25, 0.3) is 6.08 Å². The molecule has 8 heteroatoms. The van der Waals surface area contributed by atoms with Crippen molar-refractivity contribution in [3.8, 4) is 0 Å². The van der Waals surface area contributed by atoms with E-state index in [1.807, 2.05) is 18.2 Å². The Morgan fingerprint density at radius 1 is 0.967 bits per heavy atom. The van der Waals surface area contributed by atoms with Crippen LogP contribution in [-0.4, -0.2) is 29.4 Å². The molecule has 0 atom stereocenters. The van der Waals surface area contributed by atoms with Gasteiger partial charge < -0.3 is 15.7 Å². The summed E-state index contributed by atoms with van der Waals surface area (Å²) in [5, 5.41) is 14.6. The third-order valence-electron chi connectivity index (χ3n) is 4.13. The predicted molar refractivity (Wildman–Crippen MR) is 117 cm³/mol. The summed E-state index contributed by atoms with van der Waals surface area (Å²) in [6.07, 6.45) is 3.53. The standard InChI is InChI=1S/C22H22Cl2N2O4/c23-16-10-11-17(18(24)14-16)21(29)26-19(13-15-7-3-1-4-8-15)22(30)25-12-6-2-5-9-20(27)28/h1,3-4,7-8,10-11,13-14H,2,5-6,9,12H2,(H,25,30)(H,26,29)(H,27,28)/b19-13+. The molecule has 0 unspecified atom stereocenters. The number of carboxylic acids is 1. The van der Waals surface area contributed by atoms with Gasteiger partial charge in [-0.3, -0.25) is 14.4 Å². The summed E-state index contributed by atoms with van der Waals surface area (Å²) in [6, 6.07) is 13.6. The second kappa shape index (κ2) is 12.0. The number of rotatable bonds is 10. The van der Waals surface area contributed by atoms with E-state index in [1.54, 1.807) is 24.3 Å². The fourth-order valence-electron chi connectivity index (χ4n) is 2.61. The molecule has 2 rings (SSSR count). The van der Waals surface area contributed by atoms with Gasteiger partial charge in [0.2, 0.25) is 0 Å². The topological polar surface area (TPSA) is 95.5 Å². The minimum atomic E-state index is -0.837. The third kappa shape index (κ3) is 7.89. The van der Waals surface area contributed by atoms with Crippen LogP contribution in [-0.2, 0) is 9.59 Å². The summed E-state index contributed by atoms with van der Waals surface area (Å²) in [5.74, 6) is -1.82. The Bertz CT molecular complexity index is 930. The molecule has 6 nitrogen and oxygen atoms in total. The molecule has 2 amide bonds. The molecule has 0 spiro atoms. The van der Waals surface area contributed by atoms with E-state index in [2.05, 4.69) is 10.6 Å². The summed E-state index contributed by atoms with van der Waals surface area (Å²) >= 11 is 12.0. The molecule has 3 N–H and O–H groups in total. The monoisotopic (exact) mass is 448 g/mol. The number of halogens is 2. The number of carbonyl (C=O) groups excluding carboxylic acids is 2. The highest BCUT2D eigenvalue weighted by Crippen LogP contribution is 2.21. The number of carbonyl (C=O) groups is 3. The van der Waals surface area contributed by atoms with E-state index in [0.717, 1.165) is 5.56 Å².